The Morgan fingerprint density at radius 2 is 2.08 bits per heavy atom. The number of amides is 1. The van der Waals surface area contributed by atoms with Gasteiger partial charge >= 0.3 is 0 Å². The molecule has 1 heterocycles. The molecule has 72 valence electrons. The molecule has 0 saturated carbocycles. The van der Waals surface area contributed by atoms with Crippen LogP contribution in [0, 0.1) is 0 Å². The molecule has 0 atom stereocenters. The summed E-state index contributed by atoms with van der Waals surface area (Å²) < 4.78 is 0. The Morgan fingerprint density at radius 3 is 2.62 bits per heavy atom. The van der Waals surface area contributed by atoms with Crippen LogP contribution in [0.25, 0.3) is 0 Å². The van der Waals surface area contributed by atoms with Gasteiger partial charge in [0.25, 0.3) is 5.91 Å². The summed E-state index contributed by atoms with van der Waals surface area (Å²) in [5.74, 6) is 0.246. The molecule has 1 aliphatic heterocycles. The second-order valence-electron chi connectivity index (χ2n) is 3.10. The molecule has 0 aromatic carbocycles. The lowest BCUT2D eigenvalue weighted by atomic mass is 10.2. The number of hydrogen-bond donors (Lipinski definition) is 3. The Kier molecular flexibility index (Phi) is 2.46. The maximum absolute atomic E-state index is 11.5. The predicted octanol–water partition coefficient (Wildman–Crippen LogP) is -0.743. The highest BCUT2D eigenvalue weighted by Gasteiger charge is 2.16. The number of carbonyl (C=O) groups excluding carboxylic acids is 1. The zero-order valence-electron chi connectivity index (χ0n) is 8.01. The van der Waals surface area contributed by atoms with Gasteiger partial charge in [-0.15, -0.1) is 0 Å². The summed E-state index contributed by atoms with van der Waals surface area (Å²) in [4.78, 5) is 13.0. The van der Waals surface area contributed by atoms with E-state index < -0.39 is 0 Å². The normalized spacial score (nSPS) is 15.8. The van der Waals surface area contributed by atoms with Crippen molar-refractivity contribution in [3.05, 3.63) is 23.2 Å². The van der Waals surface area contributed by atoms with Crippen molar-refractivity contribution in [3.8, 4) is 0 Å². The van der Waals surface area contributed by atoms with Gasteiger partial charge in [0, 0.05) is 19.8 Å². The second kappa shape index (κ2) is 3.38. The smallest absolute Gasteiger partial charge is 0.257 e. The third-order valence-corrected chi connectivity index (χ3v) is 1.68. The van der Waals surface area contributed by atoms with Gasteiger partial charge in [-0.2, -0.15) is 0 Å². The molecule has 5 nitrogen and oxygen atoms in total. The van der Waals surface area contributed by atoms with Crippen molar-refractivity contribution in [1.82, 2.24) is 15.8 Å². The molecule has 0 aliphatic carbocycles. The van der Waals surface area contributed by atoms with E-state index in [1.165, 1.54) is 4.90 Å². The van der Waals surface area contributed by atoms with Gasteiger partial charge in [0.15, 0.2) is 0 Å². The largest absolute Gasteiger partial charge is 0.384 e. The predicted molar refractivity (Wildman–Crippen MR) is 49.9 cm³/mol. The molecule has 1 aliphatic rings. The van der Waals surface area contributed by atoms with E-state index in [-0.39, 0.29) is 5.91 Å². The number of allylic oxidation sites excluding steroid dienone is 1. The van der Waals surface area contributed by atoms with Gasteiger partial charge in [-0.3, -0.25) is 10.2 Å². The fraction of sp³-hybridized carbons (Fsp3) is 0.375. The first-order valence-corrected chi connectivity index (χ1v) is 3.94. The van der Waals surface area contributed by atoms with Gasteiger partial charge in [-0.05, 0) is 13.0 Å². The summed E-state index contributed by atoms with van der Waals surface area (Å²) in [7, 11) is 3.38. The molecule has 0 spiro atoms. The third kappa shape index (κ3) is 1.93. The highest BCUT2D eigenvalue weighted by Crippen LogP contribution is 2.08. The quantitative estimate of drug-likeness (QED) is 0.499. The fourth-order valence-corrected chi connectivity index (χ4v) is 0.981. The molecule has 0 aromatic heterocycles. The topological polar surface area (TPSA) is 70.4 Å². The first-order chi connectivity index (χ1) is 6.02. The summed E-state index contributed by atoms with van der Waals surface area (Å²) in [6.07, 6.45) is 1.72. The Bertz CT molecular complexity index is 291. The molecular weight excluding hydrogens is 168 g/mol. The maximum atomic E-state index is 11.5. The van der Waals surface area contributed by atoms with E-state index >= 15 is 0 Å². The van der Waals surface area contributed by atoms with E-state index in [9.17, 15) is 4.79 Å². The van der Waals surface area contributed by atoms with E-state index in [0.29, 0.717) is 11.4 Å². The molecular formula is C8H14N4O. The van der Waals surface area contributed by atoms with Crippen LogP contribution in [0.3, 0.4) is 0 Å². The van der Waals surface area contributed by atoms with Crippen LogP contribution in [-0.2, 0) is 4.79 Å². The van der Waals surface area contributed by atoms with Crippen LogP contribution in [0.15, 0.2) is 23.2 Å². The molecule has 0 saturated heterocycles. The lowest BCUT2D eigenvalue weighted by Crippen LogP contribution is -2.40. The van der Waals surface area contributed by atoms with Crippen molar-refractivity contribution in [1.29, 1.82) is 0 Å². The Morgan fingerprint density at radius 1 is 1.46 bits per heavy atom. The number of hydrazine groups is 1. The SMILES string of the molecule is CC1=CC(C(=O)N(C)C)=C(N)NN1. The standard InChI is InChI=1S/C8H14N4O/c1-5-4-6(7(9)11-10-5)8(13)12(2)3/h4,10-11H,9H2,1-3H3. The van der Waals surface area contributed by atoms with Gasteiger partial charge in [-0.25, -0.2) is 0 Å². The van der Waals surface area contributed by atoms with Crippen LogP contribution in [-0.4, -0.2) is 24.9 Å². The minimum absolute atomic E-state index is 0.106. The van der Waals surface area contributed by atoms with Crippen LogP contribution in [0.5, 0.6) is 0 Å². The molecule has 0 bridgehead atoms. The number of hydrogen-bond acceptors (Lipinski definition) is 4. The monoisotopic (exact) mass is 182 g/mol. The van der Waals surface area contributed by atoms with Crippen LogP contribution in [0.4, 0.5) is 0 Å². The number of nitrogens with zero attached hydrogens (tertiary/aromatic N) is 1. The van der Waals surface area contributed by atoms with Gasteiger partial charge in [-0.1, -0.05) is 0 Å². The van der Waals surface area contributed by atoms with E-state index in [0.717, 1.165) is 5.70 Å². The highest BCUT2D eigenvalue weighted by atomic mass is 16.2. The van der Waals surface area contributed by atoms with E-state index in [2.05, 4.69) is 10.9 Å². The average molecular weight is 182 g/mol. The molecule has 0 aromatic rings. The summed E-state index contributed by atoms with van der Waals surface area (Å²) in [6, 6.07) is 0. The summed E-state index contributed by atoms with van der Waals surface area (Å²) in [6.45, 7) is 1.85. The maximum Gasteiger partial charge on any atom is 0.257 e. The third-order valence-electron chi connectivity index (χ3n) is 1.68. The van der Waals surface area contributed by atoms with E-state index in [1.54, 1.807) is 20.2 Å². The van der Waals surface area contributed by atoms with Crippen molar-refractivity contribution >= 4 is 5.91 Å². The van der Waals surface area contributed by atoms with Gasteiger partial charge in [0.2, 0.25) is 0 Å². The first-order valence-electron chi connectivity index (χ1n) is 3.94. The zero-order chi connectivity index (χ0) is 10.0. The molecule has 4 N–H and O–H groups in total. The fourth-order valence-electron chi connectivity index (χ4n) is 0.981. The van der Waals surface area contributed by atoms with Gasteiger partial charge < -0.3 is 16.1 Å². The minimum Gasteiger partial charge on any atom is -0.384 e. The molecule has 5 heteroatoms. The van der Waals surface area contributed by atoms with Crippen molar-refractivity contribution in [2.24, 2.45) is 5.73 Å². The van der Waals surface area contributed by atoms with Crippen LogP contribution in [0.1, 0.15) is 6.92 Å². The van der Waals surface area contributed by atoms with Crippen molar-refractivity contribution in [3.63, 3.8) is 0 Å². The highest BCUT2D eigenvalue weighted by molar-refractivity contribution is 5.96. The summed E-state index contributed by atoms with van der Waals surface area (Å²) in [5.41, 5.74) is 12.5. The minimum atomic E-state index is -0.106. The molecule has 1 rings (SSSR count). The number of rotatable bonds is 1. The van der Waals surface area contributed by atoms with Crippen LogP contribution < -0.4 is 16.6 Å². The van der Waals surface area contributed by atoms with Gasteiger partial charge in [0.1, 0.15) is 5.82 Å². The molecule has 1 amide bonds. The lowest BCUT2D eigenvalue weighted by Gasteiger charge is -2.20. The van der Waals surface area contributed by atoms with Gasteiger partial charge in [0.05, 0.1) is 5.57 Å². The number of nitrogens with one attached hydrogen (secondary N) is 2. The Balaban J connectivity index is 2.95. The number of nitrogens with two attached hydrogens (primary N) is 1. The lowest BCUT2D eigenvalue weighted by molar-refractivity contribution is -0.124. The molecule has 0 unspecified atom stereocenters. The molecule has 0 fully saturated rings. The number of carbonyl (C=O) groups is 1. The van der Waals surface area contributed by atoms with E-state index in [4.69, 9.17) is 5.73 Å². The van der Waals surface area contributed by atoms with Crippen LogP contribution >= 0.6 is 0 Å². The van der Waals surface area contributed by atoms with E-state index in [1.807, 2.05) is 6.92 Å². The number of likely N-dealkylation sites (N-methyl/N-ethyl adjacent to an activating group) is 1. The van der Waals surface area contributed by atoms with Crippen molar-refractivity contribution in [2.75, 3.05) is 14.1 Å². The Labute approximate surface area is 77.2 Å². The van der Waals surface area contributed by atoms with Crippen LogP contribution in [0.2, 0.25) is 0 Å². The average Bonchev–Trinajstić information content (AvgIpc) is 2.08. The second-order valence-corrected chi connectivity index (χ2v) is 3.10. The first kappa shape index (κ1) is 9.44. The Hall–Kier alpha value is -1.65. The molecule has 13 heavy (non-hydrogen) atoms. The molecule has 0 radical (unpaired) electrons. The summed E-state index contributed by atoms with van der Waals surface area (Å²) in [5, 5.41) is 0. The summed E-state index contributed by atoms with van der Waals surface area (Å²) >= 11 is 0. The zero-order valence-corrected chi connectivity index (χ0v) is 8.01. The van der Waals surface area contributed by atoms with Crippen molar-refractivity contribution in [2.45, 2.75) is 6.92 Å². The van der Waals surface area contributed by atoms with Crippen molar-refractivity contribution < 1.29 is 4.79 Å².